The molecule has 0 bridgehead atoms. The fraction of sp³-hybridized carbons (Fsp3) is 0.833. The summed E-state index contributed by atoms with van der Waals surface area (Å²) in [5, 5.41) is 9.47. The largest absolute Gasteiger partial charge is 0.381 e. The van der Waals surface area contributed by atoms with Crippen molar-refractivity contribution >= 4 is 17.8 Å². The number of nitrogens with zero attached hydrogens (tertiary/aromatic N) is 3. The van der Waals surface area contributed by atoms with Gasteiger partial charge in [-0.05, 0) is 50.4 Å². The van der Waals surface area contributed by atoms with E-state index in [2.05, 4.69) is 30.9 Å². The molecule has 0 amide bonds. The first-order valence-electron chi connectivity index (χ1n) is 9.90. The van der Waals surface area contributed by atoms with Crippen LogP contribution < -0.4 is 16.0 Å². The summed E-state index contributed by atoms with van der Waals surface area (Å²) in [6.07, 6.45) is 7.20. The first-order chi connectivity index (χ1) is 12.8. The van der Waals surface area contributed by atoms with Gasteiger partial charge in [-0.3, -0.25) is 0 Å². The summed E-state index contributed by atoms with van der Waals surface area (Å²) in [6.45, 7) is 4.94. The quantitative estimate of drug-likeness (QED) is 0.409. The molecular formula is C18H32N6O2. The molecule has 0 spiro atoms. The Labute approximate surface area is 155 Å². The van der Waals surface area contributed by atoms with Crippen LogP contribution in [0.1, 0.15) is 38.5 Å². The Morgan fingerprint density at radius 3 is 1.65 bits per heavy atom. The molecule has 2 saturated carbocycles. The van der Waals surface area contributed by atoms with Gasteiger partial charge in [-0.15, -0.1) is 0 Å². The second-order valence-corrected chi connectivity index (χ2v) is 7.15. The minimum absolute atomic E-state index is 0.556. The Balaban J connectivity index is 1.31. The lowest BCUT2D eigenvalue weighted by atomic mass is 10.4. The van der Waals surface area contributed by atoms with Crippen molar-refractivity contribution in [2.75, 3.05) is 62.5 Å². The summed E-state index contributed by atoms with van der Waals surface area (Å²) in [4.78, 5) is 13.1. The maximum absolute atomic E-state index is 5.64. The van der Waals surface area contributed by atoms with Crippen molar-refractivity contribution in [2.45, 2.75) is 38.5 Å². The molecule has 3 rings (SSSR count). The Kier molecular flexibility index (Phi) is 7.69. The molecule has 0 aromatic carbocycles. The second kappa shape index (κ2) is 10.5. The third kappa shape index (κ3) is 7.70. The predicted molar refractivity (Wildman–Crippen MR) is 103 cm³/mol. The minimum atomic E-state index is 0.556. The summed E-state index contributed by atoms with van der Waals surface area (Å²) in [6, 6.07) is 0. The first kappa shape index (κ1) is 19.1. The molecule has 0 radical (unpaired) electrons. The van der Waals surface area contributed by atoms with Gasteiger partial charge in [0.15, 0.2) is 0 Å². The van der Waals surface area contributed by atoms with Gasteiger partial charge in [0.2, 0.25) is 17.8 Å². The highest BCUT2D eigenvalue weighted by molar-refractivity contribution is 5.41. The van der Waals surface area contributed by atoms with E-state index in [1.165, 1.54) is 25.7 Å². The molecule has 0 saturated heterocycles. The van der Waals surface area contributed by atoms with Gasteiger partial charge in [0.25, 0.3) is 0 Å². The zero-order chi connectivity index (χ0) is 18.0. The van der Waals surface area contributed by atoms with Gasteiger partial charge in [-0.25, -0.2) is 0 Å². The number of rotatable bonds is 15. The van der Waals surface area contributed by atoms with Crippen LogP contribution >= 0.6 is 0 Å². The molecule has 26 heavy (non-hydrogen) atoms. The van der Waals surface area contributed by atoms with Crippen LogP contribution in [0.15, 0.2) is 0 Å². The molecule has 8 heteroatoms. The van der Waals surface area contributed by atoms with Gasteiger partial charge < -0.3 is 25.4 Å². The number of hydrogen-bond acceptors (Lipinski definition) is 8. The van der Waals surface area contributed by atoms with Crippen LogP contribution in [0, 0.1) is 11.8 Å². The van der Waals surface area contributed by atoms with E-state index in [-0.39, 0.29) is 0 Å². The predicted octanol–water partition coefficient (Wildman–Crippen LogP) is 2.37. The van der Waals surface area contributed by atoms with Crippen LogP contribution in [0.5, 0.6) is 0 Å². The maximum Gasteiger partial charge on any atom is 0.229 e. The van der Waals surface area contributed by atoms with Crippen LogP contribution in [0.2, 0.25) is 0 Å². The molecule has 8 nitrogen and oxygen atoms in total. The molecule has 0 unspecified atom stereocenters. The highest BCUT2D eigenvalue weighted by atomic mass is 16.5. The van der Waals surface area contributed by atoms with Crippen molar-refractivity contribution in [3.8, 4) is 0 Å². The number of nitrogens with one attached hydrogen (secondary N) is 3. The van der Waals surface area contributed by atoms with Crippen molar-refractivity contribution in [1.29, 1.82) is 0 Å². The Morgan fingerprint density at radius 1 is 0.769 bits per heavy atom. The Morgan fingerprint density at radius 2 is 1.23 bits per heavy atom. The molecule has 3 N–H and O–H groups in total. The third-order valence-electron chi connectivity index (χ3n) is 4.46. The minimum Gasteiger partial charge on any atom is -0.381 e. The van der Waals surface area contributed by atoms with E-state index in [1.54, 1.807) is 7.05 Å². The summed E-state index contributed by atoms with van der Waals surface area (Å²) >= 11 is 0. The van der Waals surface area contributed by atoms with E-state index in [0.29, 0.717) is 17.8 Å². The van der Waals surface area contributed by atoms with Gasteiger partial charge in [0.1, 0.15) is 0 Å². The van der Waals surface area contributed by atoms with Gasteiger partial charge in [0.05, 0.1) is 0 Å². The van der Waals surface area contributed by atoms with Crippen molar-refractivity contribution in [3.63, 3.8) is 0 Å². The van der Waals surface area contributed by atoms with Crippen molar-refractivity contribution < 1.29 is 9.47 Å². The summed E-state index contributed by atoms with van der Waals surface area (Å²) in [5.41, 5.74) is 0. The zero-order valence-electron chi connectivity index (χ0n) is 15.8. The standard InChI is InChI=1S/C18H32N6O2/c1-19-16-22-17(20-8-2-10-25-12-14-4-5-14)24-18(23-16)21-9-3-11-26-13-15-6-7-15/h14-15H,2-13H2,1H3,(H3,19,20,21,22,23,24). The number of anilines is 3. The van der Waals surface area contributed by atoms with E-state index in [0.717, 1.165) is 64.2 Å². The monoisotopic (exact) mass is 364 g/mol. The van der Waals surface area contributed by atoms with Crippen LogP contribution in [-0.2, 0) is 9.47 Å². The summed E-state index contributed by atoms with van der Waals surface area (Å²) < 4.78 is 11.3. The molecular weight excluding hydrogens is 332 g/mol. The molecule has 2 fully saturated rings. The lowest BCUT2D eigenvalue weighted by Gasteiger charge is -2.10. The van der Waals surface area contributed by atoms with Gasteiger partial charge >= 0.3 is 0 Å². The molecule has 0 atom stereocenters. The second-order valence-electron chi connectivity index (χ2n) is 7.15. The lowest BCUT2D eigenvalue weighted by Crippen LogP contribution is -2.14. The first-order valence-corrected chi connectivity index (χ1v) is 9.90. The van der Waals surface area contributed by atoms with Gasteiger partial charge in [0, 0.05) is 46.6 Å². The molecule has 1 aromatic heterocycles. The van der Waals surface area contributed by atoms with E-state index in [1.807, 2.05) is 0 Å². The van der Waals surface area contributed by atoms with Crippen LogP contribution in [0.4, 0.5) is 17.8 Å². The normalized spacial score (nSPS) is 16.5. The zero-order valence-corrected chi connectivity index (χ0v) is 15.8. The van der Waals surface area contributed by atoms with E-state index < -0.39 is 0 Å². The van der Waals surface area contributed by atoms with Crippen LogP contribution in [-0.4, -0.2) is 61.5 Å². The summed E-state index contributed by atoms with van der Waals surface area (Å²) in [5.74, 6) is 3.35. The number of ether oxygens (including phenoxy) is 2. The lowest BCUT2D eigenvalue weighted by molar-refractivity contribution is 0.124. The SMILES string of the molecule is CNc1nc(NCCCOCC2CC2)nc(NCCCOCC2CC2)n1. The van der Waals surface area contributed by atoms with E-state index in [9.17, 15) is 0 Å². The number of hydrogen-bond donors (Lipinski definition) is 3. The molecule has 1 heterocycles. The highest BCUT2D eigenvalue weighted by Crippen LogP contribution is 2.29. The number of aromatic nitrogens is 3. The topological polar surface area (TPSA) is 93.2 Å². The molecule has 1 aromatic rings. The smallest absolute Gasteiger partial charge is 0.229 e. The molecule has 0 aliphatic heterocycles. The van der Waals surface area contributed by atoms with Crippen LogP contribution in [0.25, 0.3) is 0 Å². The Bertz CT molecular complexity index is 494. The molecule has 2 aliphatic carbocycles. The van der Waals surface area contributed by atoms with E-state index in [4.69, 9.17) is 9.47 Å². The Hall–Kier alpha value is -1.67. The van der Waals surface area contributed by atoms with Crippen molar-refractivity contribution in [1.82, 2.24) is 15.0 Å². The molecule has 146 valence electrons. The average Bonchev–Trinajstić information content (AvgIpc) is 3.55. The highest BCUT2D eigenvalue weighted by Gasteiger charge is 2.21. The van der Waals surface area contributed by atoms with Crippen molar-refractivity contribution in [3.05, 3.63) is 0 Å². The summed E-state index contributed by atoms with van der Waals surface area (Å²) in [7, 11) is 1.81. The van der Waals surface area contributed by atoms with Gasteiger partial charge in [-0.2, -0.15) is 15.0 Å². The average molecular weight is 364 g/mol. The fourth-order valence-corrected chi connectivity index (χ4v) is 2.46. The third-order valence-corrected chi connectivity index (χ3v) is 4.46. The van der Waals surface area contributed by atoms with Crippen molar-refractivity contribution in [2.24, 2.45) is 11.8 Å². The van der Waals surface area contributed by atoms with E-state index >= 15 is 0 Å². The fourth-order valence-electron chi connectivity index (χ4n) is 2.46. The van der Waals surface area contributed by atoms with Crippen LogP contribution in [0.3, 0.4) is 0 Å². The maximum atomic E-state index is 5.64. The molecule has 2 aliphatic rings. The van der Waals surface area contributed by atoms with Gasteiger partial charge in [-0.1, -0.05) is 0 Å².